The molecule has 0 bridgehead atoms. The number of alkyl halides is 1. The molecular weight excluding hydrogens is 268 g/mol. The molecule has 2 rings (SSSR count). The molecule has 1 aromatic carbocycles. The minimum Gasteiger partial charge on any atom is -0.497 e. The molecule has 2 nitrogen and oxygen atoms in total. The van der Waals surface area contributed by atoms with E-state index < -0.39 is 0 Å². The molecule has 0 amide bonds. The van der Waals surface area contributed by atoms with E-state index in [1.165, 1.54) is 5.56 Å². The molecule has 0 aliphatic carbocycles. The zero-order valence-corrected chi connectivity index (χ0v) is 11.8. The van der Waals surface area contributed by atoms with E-state index in [4.69, 9.17) is 21.1 Å². The Balaban J connectivity index is 1.96. The molecule has 0 radical (unpaired) electrons. The van der Waals surface area contributed by atoms with Crippen LogP contribution in [0.1, 0.15) is 11.1 Å². The third-order valence-electron chi connectivity index (χ3n) is 2.64. The summed E-state index contributed by atoms with van der Waals surface area (Å²) in [5, 5.41) is 4.22. The van der Waals surface area contributed by atoms with Gasteiger partial charge in [0, 0.05) is 12.0 Å². The van der Waals surface area contributed by atoms with Crippen LogP contribution in [0.3, 0.4) is 0 Å². The zero-order valence-electron chi connectivity index (χ0n) is 10.2. The van der Waals surface area contributed by atoms with Crippen molar-refractivity contribution in [3.63, 3.8) is 0 Å². The molecule has 0 aliphatic heterocycles. The maximum absolute atomic E-state index is 5.91. The van der Waals surface area contributed by atoms with Gasteiger partial charge in [-0.15, -0.1) is 11.6 Å². The average molecular weight is 283 g/mol. The predicted octanol–water partition coefficient (Wildman–Crippen LogP) is 4.12. The van der Waals surface area contributed by atoms with Gasteiger partial charge in [0.2, 0.25) is 0 Å². The van der Waals surface area contributed by atoms with E-state index in [1.807, 2.05) is 18.2 Å². The Bertz CT molecular complexity index is 483. The van der Waals surface area contributed by atoms with Crippen LogP contribution < -0.4 is 9.47 Å². The molecule has 18 heavy (non-hydrogen) atoms. The van der Waals surface area contributed by atoms with Crippen LogP contribution in [0.25, 0.3) is 0 Å². The lowest BCUT2D eigenvalue weighted by Gasteiger charge is -2.11. The molecule has 0 N–H and O–H groups in total. The highest BCUT2D eigenvalue weighted by Crippen LogP contribution is 2.25. The minimum absolute atomic E-state index is 0.422. The fourth-order valence-electron chi connectivity index (χ4n) is 1.64. The summed E-state index contributed by atoms with van der Waals surface area (Å²) in [5.41, 5.74) is 2.27. The Morgan fingerprint density at radius 3 is 2.83 bits per heavy atom. The van der Waals surface area contributed by atoms with Crippen molar-refractivity contribution in [3.8, 4) is 11.5 Å². The van der Waals surface area contributed by atoms with Crippen molar-refractivity contribution in [2.75, 3.05) is 13.7 Å². The number of halogens is 1. The number of ether oxygens (including phenoxy) is 2. The Labute approximate surface area is 116 Å². The van der Waals surface area contributed by atoms with Crippen LogP contribution >= 0.6 is 22.9 Å². The molecule has 1 aromatic heterocycles. The van der Waals surface area contributed by atoms with E-state index in [0.717, 1.165) is 23.5 Å². The first-order valence-corrected chi connectivity index (χ1v) is 7.18. The number of hydrogen-bond donors (Lipinski definition) is 0. The van der Waals surface area contributed by atoms with Crippen LogP contribution in [0.15, 0.2) is 35.0 Å². The lowest BCUT2D eigenvalue weighted by atomic mass is 10.2. The molecule has 2 aromatic rings. The number of methoxy groups -OCH3 is 1. The summed E-state index contributed by atoms with van der Waals surface area (Å²) < 4.78 is 10.9. The van der Waals surface area contributed by atoms with Crippen molar-refractivity contribution in [2.45, 2.75) is 12.3 Å². The van der Waals surface area contributed by atoms with Gasteiger partial charge in [-0.1, -0.05) is 0 Å². The fourth-order valence-corrected chi connectivity index (χ4v) is 2.55. The van der Waals surface area contributed by atoms with Crippen molar-refractivity contribution in [1.82, 2.24) is 0 Å². The standard InChI is InChI=1S/C14H15ClO2S/c1-16-13-2-3-14(12(8-13)9-15)17-6-4-11-5-7-18-10-11/h2-3,5,7-8,10H,4,6,9H2,1H3. The second kappa shape index (κ2) is 6.66. The third-order valence-corrected chi connectivity index (χ3v) is 3.66. The molecule has 0 spiro atoms. The molecule has 0 saturated heterocycles. The monoisotopic (exact) mass is 282 g/mol. The second-order valence-corrected chi connectivity index (χ2v) is 4.88. The summed E-state index contributed by atoms with van der Waals surface area (Å²) in [7, 11) is 1.64. The summed E-state index contributed by atoms with van der Waals surface area (Å²) >= 11 is 7.61. The molecule has 0 fully saturated rings. The molecule has 0 saturated carbocycles. The van der Waals surface area contributed by atoms with Gasteiger partial charge in [-0.25, -0.2) is 0 Å². The molecule has 96 valence electrons. The van der Waals surface area contributed by atoms with Crippen LogP contribution in [0.2, 0.25) is 0 Å². The van der Waals surface area contributed by atoms with E-state index in [9.17, 15) is 0 Å². The van der Waals surface area contributed by atoms with E-state index in [-0.39, 0.29) is 0 Å². The Hall–Kier alpha value is -1.19. The average Bonchev–Trinajstić information content (AvgIpc) is 2.92. The van der Waals surface area contributed by atoms with Crippen molar-refractivity contribution >= 4 is 22.9 Å². The van der Waals surface area contributed by atoms with Gasteiger partial charge in [-0.3, -0.25) is 0 Å². The molecule has 0 unspecified atom stereocenters. The lowest BCUT2D eigenvalue weighted by Crippen LogP contribution is -2.02. The highest BCUT2D eigenvalue weighted by atomic mass is 35.5. The predicted molar refractivity (Wildman–Crippen MR) is 76.1 cm³/mol. The van der Waals surface area contributed by atoms with Crippen LogP contribution in [0, 0.1) is 0 Å². The molecule has 4 heteroatoms. The maximum atomic E-state index is 5.91. The van der Waals surface area contributed by atoms with Crippen molar-refractivity contribution in [2.24, 2.45) is 0 Å². The molecule has 0 aliphatic rings. The van der Waals surface area contributed by atoms with Gasteiger partial charge >= 0.3 is 0 Å². The van der Waals surface area contributed by atoms with E-state index >= 15 is 0 Å². The van der Waals surface area contributed by atoms with Gasteiger partial charge in [-0.2, -0.15) is 11.3 Å². The Morgan fingerprint density at radius 1 is 1.28 bits per heavy atom. The SMILES string of the molecule is COc1ccc(OCCc2ccsc2)c(CCl)c1. The second-order valence-electron chi connectivity index (χ2n) is 3.84. The first-order chi connectivity index (χ1) is 8.83. The summed E-state index contributed by atoms with van der Waals surface area (Å²) in [5.74, 6) is 2.06. The topological polar surface area (TPSA) is 18.5 Å². The van der Waals surface area contributed by atoms with Crippen LogP contribution in [0.4, 0.5) is 0 Å². The summed E-state index contributed by atoms with van der Waals surface area (Å²) in [6.07, 6.45) is 0.914. The van der Waals surface area contributed by atoms with Crippen LogP contribution in [0.5, 0.6) is 11.5 Å². The van der Waals surface area contributed by atoms with Gasteiger partial charge in [0.15, 0.2) is 0 Å². The smallest absolute Gasteiger partial charge is 0.123 e. The summed E-state index contributed by atoms with van der Waals surface area (Å²) in [6, 6.07) is 7.82. The van der Waals surface area contributed by atoms with Crippen molar-refractivity contribution in [3.05, 3.63) is 46.2 Å². The fraction of sp³-hybridized carbons (Fsp3) is 0.286. The van der Waals surface area contributed by atoms with Gasteiger partial charge in [0.25, 0.3) is 0 Å². The number of rotatable bonds is 6. The van der Waals surface area contributed by atoms with Gasteiger partial charge < -0.3 is 9.47 Å². The lowest BCUT2D eigenvalue weighted by molar-refractivity contribution is 0.318. The largest absolute Gasteiger partial charge is 0.497 e. The van der Waals surface area contributed by atoms with E-state index in [2.05, 4.69) is 16.8 Å². The molecule has 1 heterocycles. The van der Waals surface area contributed by atoms with E-state index in [0.29, 0.717) is 12.5 Å². The summed E-state index contributed by atoms with van der Waals surface area (Å²) in [4.78, 5) is 0. The summed E-state index contributed by atoms with van der Waals surface area (Å²) in [6.45, 7) is 0.660. The molecule has 0 atom stereocenters. The van der Waals surface area contributed by atoms with Gasteiger partial charge in [-0.05, 0) is 40.6 Å². The van der Waals surface area contributed by atoms with Crippen molar-refractivity contribution < 1.29 is 9.47 Å². The minimum atomic E-state index is 0.422. The van der Waals surface area contributed by atoms with E-state index in [1.54, 1.807) is 18.4 Å². The normalized spacial score (nSPS) is 10.3. The highest BCUT2D eigenvalue weighted by molar-refractivity contribution is 7.07. The third kappa shape index (κ3) is 3.40. The number of hydrogen-bond acceptors (Lipinski definition) is 3. The quantitative estimate of drug-likeness (QED) is 0.742. The maximum Gasteiger partial charge on any atom is 0.123 e. The van der Waals surface area contributed by atoms with Gasteiger partial charge in [0.05, 0.1) is 19.6 Å². The van der Waals surface area contributed by atoms with Gasteiger partial charge in [0.1, 0.15) is 11.5 Å². The van der Waals surface area contributed by atoms with Crippen LogP contribution in [-0.4, -0.2) is 13.7 Å². The zero-order chi connectivity index (χ0) is 12.8. The highest BCUT2D eigenvalue weighted by Gasteiger charge is 2.05. The van der Waals surface area contributed by atoms with Crippen molar-refractivity contribution in [1.29, 1.82) is 0 Å². The first-order valence-electron chi connectivity index (χ1n) is 5.70. The Morgan fingerprint density at radius 2 is 2.17 bits per heavy atom. The first kappa shape index (κ1) is 13.2. The molecular formula is C14H15ClO2S. The van der Waals surface area contributed by atoms with Crippen LogP contribution in [-0.2, 0) is 12.3 Å². The number of benzene rings is 1. The number of thiophene rings is 1. The Kier molecular flexibility index (Phi) is 4.90.